The van der Waals surface area contributed by atoms with E-state index in [1.165, 1.54) is 28.6 Å². The zero-order chi connectivity index (χ0) is 22.3. The molecule has 30 heavy (non-hydrogen) atoms. The molecule has 1 amide bonds. The van der Waals surface area contributed by atoms with Gasteiger partial charge in [0.2, 0.25) is 10.0 Å². The number of hydrogen-bond donors (Lipinski definition) is 4. The summed E-state index contributed by atoms with van der Waals surface area (Å²) in [6, 6.07) is 14.1. The van der Waals surface area contributed by atoms with Crippen molar-refractivity contribution in [1.29, 1.82) is 0 Å². The van der Waals surface area contributed by atoms with Crippen LogP contribution in [0.4, 0.5) is 10.5 Å². The topological polar surface area (TPSA) is 133 Å². The lowest BCUT2D eigenvalue weighted by molar-refractivity contribution is 0.0980. The van der Waals surface area contributed by atoms with Crippen LogP contribution in [0.15, 0.2) is 59.5 Å². The van der Waals surface area contributed by atoms with Gasteiger partial charge in [0.25, 0.3) is 0 Å². The van der Waals surface area contributed by atoms with Gasteiger partial charge in [-0.2, -0.15) is 4.31 Å². The second-order valence-electron chi connectivity index (χ2n) is 7.60. The number of sulfonamides is 1. The molecule has 9 heteroatoms. The molecule has 0 radical (unpaired) electrons. The number of aliphatic hydroxyl groups excluding tert-OH is 1. The van der Waals surface area contributed by atoms with Gasteiger partial charge in [-0.25, -0.2) is 13.2 Å². The minimum atomic E-state index is -3.90. The minimum Gasteiger partial charge on any atom is -0.465 e. The zero-order valence-corrected chi connectivity index (χ0v) is 17.9. The van der Waals surface area contributed by atoms with E-state index in [4.69, 9.17) is 5.73 Å². The van der Waals surface area contributed by atoms with Crippen molar-refractivity contribution in [3.63, 3.8) is 0 Å². The van der Waals surface area contributed by atoms with Gasteiger partial charge in [-0.3, -0.25) is 0 Å². The number of hydrogen-bond acceptors (Lipinski definition) is 5. The highest BCUT2D eigenvalue weighted by Gasteiger charge is 2.31. The Morgan fingerprint density at radius 2 is 1.67 bits per heavy atom. The third-order valence-corrected chi connectivity index (χ3v) is 6.39. The second-order valence-corrected chi connectivity index (χ2v) is 9.54. The molecule has 0 spiro atoms. The van der Waals surface area contributed by atoms with Crippen molar-refractivity contribution in [2.45, 2.75) is 37.3 Å². The molecule has 0 aliphatic rings. The van der Waals surface area contributed by atoms with E-state index in [0.717, 1.165) is 5.56 Å². The van der Waals surface area contributed by atoms with E-state index in [0.29, 0.717) is 5.69 Å². The average Bonchev–Trinajstić information content (AvgIpc) is 2.67. The number of nitrogens with one attached hydrogen (secondary N) is 1. The van der Waals surface area contributed by atoms with E-state index in [1.807, 2.05) is 44.2 Å². The molecule has 2 rings (SSSR count). The van der Waals surface area contributed by atoms with Crippen molar-refractivity contribution in [3.05, 3.63) is 60.2 Å². The van der Waals surface area contributed by atoms with Gasteiger partial charge in [-0.15, -0.1) is 0 Å². The van der Waals surface area contributed by atoms with Crippen LogP contribution in [-0.4, -0.2) is 54.3 Å². The van der Waals surface area contributed by atoms with Crippen LogP contribution in [0.1, 0.15) is 19.4 Å². The summed E-state index contributed by atoms with van der Waals surface area (Å²) < 4.78 is 27.5. The van der Waals surface area contributed by atoms with Crippen LogP contribution in [-0.2, 0) is 16.4 Å². The summed E-state index contributed by atoms with van der Waals surface area (Å²) in [7, 11) is -3.90. The molecule has 164 valence electrons. The number of nitrogen functional groups attached to an aromatic ring is 1. The van der Waals surface area contributed by atoms with Crippen molar-refractivity contribution < 1.29 is 23.4 Å². The summed E-state index contributed by atoms with van der Waals surface area (Å²) in [4.78, 5) is 11.3. The molecular weight excluding hydrogens is 406 g/mol. The number of carbonyl (C=O) groups is 1. The number of benzene rings is 2. The summed E-state index contributed by atoms with van der Waals surface area (Å²) >= 11 is 0. The molecule has 2 atom stereocenters. The molecule has 0 fully saturated rings. The zero-order valence-electron chi connectivity index (χ0n) is 17.1. The molecule has 2 aromatic rings. The second kappa shape index (κ2) is 10.4. The Bertz CT molecular complexity index is 917. The summed E-state index contributed by atoms with van der Waals surface area (Å²) in [5, 5.41) is 22.3. The first kappa shape index (κ1) is 23.7. The maximum absolute atomic E-state index is 13.2. The van der Waals surface area contributed by atoms with E-state index >= 15 is 0 Å². The fourth-order valence-electron chi connectivity index (χ4n) is 3.11. The van der Waals surface area contributed by atoms with Crippen molar-refractivity contribution in [3.8, 4) is 0 Å². The molecule has 0 aromatic heterocycles. The van der Waals surface area contributed by atoms with E-state index in [1.54, 1.807) is 0 Å². The lowest BCUT2D eigenvalue weighted by atomic mass is 10.0. The van der Waals surface area contributed by atoms with E-state index < -0.39 is 28.3 Å². The van der Waals surface area contributed by atoms with Gasteiger partial charge in [0.1, 0.15) is 0 Å². The highest BCUT2D eigenvalue weighted by Crippen LogP contribution is 2.20. The SMILES string of the molecule is CC(C)CN(C[C@H](O)[C@H](Cc1ccccc1)NC(=O)O)S(=O)(=O)c1ccc(N)cc1. The Labute approximate surface area is 177 Å². The number of aliphatic hydroxyl groups is 1. The van der Waals surface area contributed by atoms with Gasteiger partial charge in [0.05, 0.1) is 17.0 Å². The van der Waals surface area contributed by atoms with Crippen molar-refractivity contribution in [1.82, 2.24) is 9.62 Å². The number of nitrogens with zero attached hydrogens (tertiary/aromatic N) is 1. The van der Waals surface area contributed by atoms with Crippen LogP contribution in [0.2, 0.25) is 0 Å². The number of nitrogens with two attached hydrogens (primary N) is 1. The van der Waals surface area contributed by atoms with Crippen LogP contribution < -0.4 is 11.1 Å². The molecule has 0 unspecified atom stereocenters. The largest absolute Gasteiger partial charge is 0.465 e. The van der Waals surface area contributed by atoms with Gasteiger partial charge < -0.3 is 21.3 Å². The van der Waals surface area contributed by atoms with Gasteiger partial charge in [0, 0.05) is 18.8 Å². The summed E-state index contributed by atoms with van der Waals surface area (Å²) in [5.74, 6) is 0.000706. The molecular formula is C21H29N3O5S. The molecule has 0 aliphatic carbocycles. The third kappa shape index (κ3) is 6.72. The Morgan fingerprint density at radius 1 is 1.07 bits per heavy atom. The standard InChI is InChI=1S/C21H29N3O5S/c1-15(2)13-24(30(28,29)18-10-8-17(22)9-11-18)14-20(25)19(23-21(26)27)12-16-6-4-3-5-7-16/h3-11,15,19-20,23,25H,12-14,22H2,1-2H3,(H,26,27)/t19-,20-/m0/s1. The molecule has 5 N–H and O–H groups in total. The van der Waals surface area contributed by atoms with Gasteiger partial charge in [-0.05, 0) is 42.2 Å². The molecule has 0 aliphatic heterocycles. The fourth-order valence-corrected chi connectivity index (χ4v) is 4.73. The predicted molar refractivity (Wildman–Crippen MR) is 116 cm³/mol. The Morgan fingerprint density at radius 3 is 2.20 bits per heavy atom. The van der Waals surface area contributed by atoms with E-state index in [-0.39, 0.29) is 30.3 Å². The molecule has 2 aromatic carbocycles. The van der Waals surface area contributed by atoms with Crippen molar-refractivity contribution in [2.75, 3.05) is 18.8 Å². The van der Waals surface area contributed by atoms with E-state index in [9.17, 15) is 23.4 Å². The Kier molecular flexibility index (Phi) is 8.22. The Balaban J connectivity index is 2.27. The summed E-state index contributed by atoms with van der Waals surface area (Å²) in [5.41, 5.74) is 6.92. The number of amides is 1. The molecule has 8 nitrogen and oxygen atoms in total. The maximum Gasteiger partial charge on any atom is 0.404 e. The number of carboxylic acid groups (broad SMARTS) is 1. The lowest BCUT2D eigenvalue weighted by Gasteiger charge is -2.30. The monoisotopic (exact) mass is 435 g/mol. The highest BCUT2D eigenvalue weighted by molar-refractivity contribution is 7.89. The van der Waals surface area contributed by atoms with Gasteiger partial charge in [-0.1, -0.05) is 44.2 Å². The van der Waals surface area contributed by atoms with Crippen LogP contribution >= 0.6 is 0 Å². The normalized spacial score (nSPS) is 13.9. The Hall–Kier alpha value is -2.62. The first-order chi connectivity index (χ1) is 14.1. The maximum atomic E-state index is 13.2. The predicted octanol–water partition coefficient (Wildman–Crippen LogP) is 2.16. The number of anilines is 1. The summed E-state index contributed by atoms with van der Waals surface area (Å²) in [6.45, 7) is 3.67. The van der Waals surface area contributed by atoms with Crippen LogP contribution in [0.3, 0.4) is 0 Å². The third-order valence-electron chi connectivity index (χ3n) is 4.55. The van der Waals surface area contributed by atoms with Gasteiger partial charge >= 0.3 is 6.09 Å². The fraction of sp³-hybridized carbons (Fsp3) is 0.381. The molecule has 0 bridgehead atoms. The minimum absolute atomic E-state index is 0.000706. The smallest absolute Gasteiger partial charge is 0.404 e. The van der Waals surface area contributed by atoms with Crippen molar-refractivity contribution >= 4 is 21.8 Å². The number of rotatable bonds is 10. The van der Waals surface area contributed by atoms with E-state index in [2.05, 4.69) is 5.32 Å². The first-order valence-corrected chi connectivity index (χ1v) is 11.1. The molecule has 0 saturated heterocycles. The quantitative estimate of drug-likeness (QED) is 0.423. The van der Waals surface area contributed by atoms with Crippen molar-refractivity contribution in [2.24, 2.45) is 5.92 Å². The average molecular weight is 436 g/mol. The lowest BCUT2D eigenvalue weighted by Crippen LogP contribution is -2.50. The highest BCUT2D eigenvalue weighted by atomic mass is 32.2. The molecule has 0 heterocycles. The van der Waals surface area contributed by atoms with Crippen LogP contribution in [0.25, 0.3) is 0 Å². The van der Waals surface area contributed by atoms with Crippen LogP contribution in [0, 0.1) is 5.92 Å². The first-order valence-electron chi connectivity index (χ1n) is 9.66. The van der Waals surface area contributed by atoms with Crippen LogP contribution in [0.5, 0.6) is 0 Å². The summed E-state index contributed by atoms with van der Waals surface area (Å²) in [6.07, 6.45) is -2.30. The van der Waals surface area contributed by atoms with Gasteiger partial charge in [0.15, 0.2) is 0 Å². The molecule has 0 saturated carbocycles.